The van der Waals surface area contributed by atoms with Crippen LogP contribution in [0.3, 0.4) is 0 Å². The molecule has 0 rings (SSSR count). The number of hydrogen-bond acceptors (Lipinski definition) is 2. The molecule has 23 heavy (non-hydrogen) atoms. The minimum atomic E-state index is -0.747. The molecule has 0 aromatic rings. The zero-order chi connectivity index (χ0) is 17.2. The first-order valence-electron chi connectivity index (χ1n) is 8.57. The molecule has 0 aliphatic heterocycles. The predicted molar refractivity (Wildman–Crippen MR) is 96.4 cm³/mol. The molecule has 0 aliphatic rings. The topological polar surface area (TPSA) is 54.4 Å². The van der Waals surface area contributed by atoms with E-state index in [1.54, 1.807) is 18.2 Å². The van der Waals surface area contributed by atoms with Gasteiger partial charge in [0, 0.05) is 6.42 Å². The first-order valence-corrected chi connectivity index (χ1v) is 8.57. The van der Waals surface area contributed by atoms with Crippen molar-refractivity contribution in [1.82, 2.24) is 0 Å². The average Bonchev–Trinajstić information content (AvgIpc) is 2.52. The normalized spacial score (nSPS) is 12.2. The number of allylic oxidation sites excluding steroid dienone is 8. The summed E-state index contributed by atoms with van der Waals surface area (Å²) in [5.74, 6) is -0.739. The lowest BCUT2D eigenvalue weighted by Gasteiger charge is -1.91. The largest absolute Gasteiger partial charge is 0.481 e. The lowest BCUT2D eigenvalue weighted by Crippen LogP contribution is -1.92. The minimum absolute atomic E-state index is 0.00801. The summed E-state index contributed by atoms with van der Waals surface area (Å²) in [4.78, 5) is 21.9. The van der Waals surface area contributed by atoms with E-state index in [1.165, 1.54) is 19.3 Å². The van der Waals surface area contributed by atoms with E-state index in [-0.39, 0.29) is 12.2 Å². The number of ketones is 1. The quantitative estimate of drug-likeness (QED) is 0.202. The molecule has 0 amide bonds. The number of carbonyl (C=O) groups is 2. The van der Waals surface area contributed by atoms with Gasteiger partial charge in [0.25, 0.3) is 0 Å². The molecule has 0 bridgehead atoms. The van der Waals surface area contributed by atoms with Crippen molar-refractivity contribution >= 4 is 11.8 Å². The fourth-order valence-electron chi connectivity index (χ4n) is 1.89. The predicted octanol–water partition coefficient (Wildman–Crippen LogP) is 5.40. The summed E-state index contributed by atoms with van der Waals surface area (Å²) in [6, 6.07) is 0. The molecule has 0 atom stereocenters. The van der Waals surface area contributed by atoms with Gasteiger partial charge in [0.05, 0.1) is 0 Å². The van der Waals surface area contributed by atoms with E-state index in [2.05, 4.69) is 13.0 Å². The lowest BCUT2D eigenvalue weighted by atomic mass is 10.2. The molecule has 0 aromatic carbocycles. The molecule has 0 aliphatic carbocycles. The van der Waals surface area contributed by atoms with Crippen molar-refractivity contribution in [2.24, 2.45) is 0 Å². The smallest absolute Gasteiger partial charge is 0.303 e. The Morgan fingerprint density at radius 2 is 1.48 bits per heavy atom. The molecule has 0 radical (unpaired) electrons. The molecule has 0 spiro atoms. The Kier molecular flexibility index (Phi) is 15.1. The highest BCUT2D eigenvalue weighted by molar-refractivity contribution is 5.99. The molecule has 0 heterocycles. The maximum Gasteiger partial charge on any atom is 0.303 e. The van der Waals surface area contributed by atoms with E-state index in [4.69, 9.17) is 5.11 Å². The number of carboxylic acid groups (broad SMARTS) is 1. The van der Waals surface area contributed by atoms with E-state index in [0.717, 1.165) is 25.7 Å². The maximum atomic E-state index is 11.5. The minimum Gasteiger partial charge on any atom is -0.481 e. The first-order chi connectivity index (χ1) is 11.2. The van der Waals surface area contributed by atoms with Gasteiger partial charge in [-0.25, -0.2) is 0 Å². The standard InChI is InChI=1S/C20H30O3/c1-2-3-4-5-7-10-13-16-19(21)17-14-11-8-6-9-12-15-18-20(22)23/h6-7,9-10,13-14,16-17H,2-5,8,11-12,15,18H2,1H3,(H,22,23). The molecular weight excluding hydrogens is 288 g/mol. The molecule has 3 nitrogen and oxygen atoms in total. The fraction of sp³-hybridized carbons (Fsp3) is 0.500. The second kappa shape index (κ2) is 16.5. The summed E-state index contributed by atoms with van der Waals surface area (Å²) < 4.78 is 0. The lowest BCUT2D eigenvalue weighted by molar-refractivity contribution is -0.137. The van der Waals surface area contributed by atoms with Crippen molar-refractivity contribution in [2.45, 2.75) is 64.7 Å². The Morgan fingerprint density at radius 1 is 0.783 bits per heavy atom. The highest BCUT2D eigenvalue weighted by Crippen LogP contribution is 2.01. The molecule has 0 aromatic heterocycles. The van der Waals surface area contributed by atoms with E-state index < -0.39 is 5.97 Å². The van der Waals surface area contributed by atoms with Crippen molar-refractivity contribution in [3.63, 3.8) is 0 Å². The van der Waals surface area contributed by atoms with Crippen LogP contribution < -0.4 is 0 Å². The van der Waals surface area contributed by atoms with Gasteiger partial charge in [0.15, 0.2) is 5.78 Å². The summed E-state index contributed by atoms with van der Waals surface area (Å²) in [6.07, 6.45) is 23.0. The summed E-state index contributed by atoms with van der Waals surface area (Å²) in [6.45, 7) is 2.18. The number of aliphatic carboxylic acids is 1. The number of unbranched alkanes of at least 4 members (excludes halogenated alkanes) is 5. The molecule has 0 fully saturated rings. The molecule has 128 valence electrons. The van der Waals surface area contributed by atoms with Gasteiger partial charge in [-0.15, -0.1) is 0 Å². The maximum absolute atomic E-state index is 11.5. The number of carboxylic acids is 1. The fourth-order valence-corrected chi connectivity index (χ4v) is 1.89. The van der Waals surface area contributed by atoms with E-state index >= 15 is 0 Å². The van der Waals surface area contributed by atoms with Crippen molar-refractivity contribution < 1.29 is 14.7 Å². The summed E-state index contributed by atoms with van der Waals surface area (Å²) >= 11 is 0. The van der Waals surface area contributed by atoms with Gasteiger partial charge in [0.1, 0.15) is 0 Å². The third-order valence-electron chi connectivity index (χ3n) is 3.19. The molecule has 0 saturated carbocycles. The van der Waals surface area contributed by atoms with Crippen LogP contribution in [0.15, 0.2) is 48.6 Å². The summed E-state index contributed by atoms with van der Waals surface area (Å²) in [5.41, 5.74) is 0. The molecule has 1 N–H and O–H groups in total. The van der Waals surface area contributed by atoms with Crippen LogP contribution in [0.25, 0.3) is 0 Å². The zero-order valence-electron chi connectivity index (χ0n) is 14.2. The molecule has 0 unspecified atom stereocenters. The van der Waals surface area contributed by atoms with E-state index in [9.17, 15) is 9.59 Å². The molecule has 3 heteroatoms. The molecular formula is C20H30O3. The van der Waals surface area contributed by atoms with Gasteiger partial charge in [-0.1, -0.05) is 56.2 Å². The van der Waals surface area contributed by atoms with Crippen molar-refractivity contribution in [2.75, 3.05) is 0 Å². The third-order valence-corrected chi connectivity index (χ3v) is 3.19. The Balaban J connectivity index is 3.64. The van der Waals surface area contributed by atoms with Crippen LogP contribution in [-0.4, -0.2) is 16.9 Å². The Hall–Kier alpha value is -1.90. The average molecular weight is 318 g/mol. The van der Waals surface area contributed by atoms with Crippen LogP contribution in [0.1, 0.15) is 64.7 Å². The second-order valence-electron chi connectivity index (χ2n) is 5.42. The van der Waals surface area contributed by atoms with E-state index in [0.29, 0.717) is 6.42 Å². The SMILES string of the molecule is CCCCCC=CC=CC(=O)C=CCCC=CCCCC(=O)O. The summed E-state index contributed by atoms with van der Waals surface area (Å²) in [5, 5.41) is 8.49. The zero-order valence-corrected chi connectivity index (χ0v) is 14.2. The van der Waals surface area contributed by atoms with Crippen molar-refractivity contribution in [3.05, 3.63) is 48.6 Å². The highest BCUT2D eigenvalue weighted by atomic mass is 16.4. The van der Waals surface area contributed by atoms with Crippen molar-refractivity contribution in [3.8, 4) is 0 Å². The third kappa shape index (κ3) is 18.1. The van der Waals surface area contributed by atoms with Gasteiger partial charge in [-0.3, -0.25) is 9.59 Å². The van der Waals surface area contributed by atoms with Crippen LogP contribution in [0.2, 0.25) is 0 Å². The summed E-state index contributed by atoms with van der Waals surface area (Å²) in [7, 11) is 0. The first kappa shape index (κ1) is 21.1. The van der Waals surface area contributed by atoms with Crippen LogP contribution in [0.4, 0.5) is 0 Å². The second-order valence-corrected chi connectivity index (χ2v) is 5.42. The van der Waals surface area contributed by atoms with Crippen LogP contribution in [0.5, 0.6) is 0 Å². The van der Waals surface area contributed by atoms with Gasteiger partial charge >= 0.3 is 5.97 Å². The Labute approximate surface area is 140 Å². The van der Waals surface area contributed by atoms with Gasteiger partial charge in [-0.2, -0.15) is 0 Å². The Bertz CT molecular complexity index is 428. The van der Waals surface area contributed by atoms with Gasteiger partial charge in [0.2, 0.25) is 0 Å². The number of carbonyl (C=O) groups excluding carboxylic acids is 1. The van der Waals surface area contributed by atoms with Gasteiger partial charge < -0.3 is 5.11 Å². The van der Waals surface area contributed by atoms with Crippen LogP contribution >= 0.6 is 0 Å². The highest BCUT2D eigenvalue weighted by Gasteiger charge is 1.93. The van der Waals surface area contributed by atoms with Crippen LogP contribution in [-0.2, 0) is 9.59 Å². The van der Waals surface area contributed by atoms with Crippen molar-refractivity contribution in [1.29, 1.82) is 0 Å². The van der Waals surface area contributed by atoms with Gasteiger partial charge in [-0.05, 0) is 50.7 Å². The Morgan fingerprint density at radius 3 is 2.22 bits per heavy atom. The monoisotopic (exact) mass is 318 g/mol. The molecule has 0 saturated heterocycles. The van der Waals surface area contributed by atoms with E-state index in [1.807, 2.05) is 24.3 Å². The number of rotatable bonds is 14. The number of hydrogen-bond donors (Lipinski definition) is 1. The van der Waals surface area contributed by atoms with Crippen LogP contribution in [0, 0.1) is 0 Å².